The number of rotatable bonds is 0. The van der Waals surface area contributed by atoms with Gasteiger partial charge in [0.1, 0.15) is 0 Å². The second-order valence-corrected chi connectivity index (χ2v) is 5.06. The molecule has 1 heterocycles. The van der Waals surface area contributed by atoms with E-state index in [9.17, 15) is 10.2 Å². The van der Waals surface area contributed by atoms with Crippen molar-refractivity contribution in [3.05, 3.63) is 22.5 Å². The van der Waals surface area contributed by atoms with Crippen molar-refractivity contribution in [2.75, 3.05) is 5.73 Å². The molecular formula is C13H18N2O2. The van der Waals surface area contributed by atoms with E-state index in [4.69, 9.17) is 5.73 Å². The molecule has 0 aromatic carbocycles. The molecule has 0 amide bonds. The summed E-state index contributed by atoms with van der Waals surface area (Å²) in [5, 5.41) is 20.1. The van der Waals surface area contributed by atoms with Crippen LogP contribution in [0.2, 0.25) is 0 Å². The lowest BCUT2D eigenvalue weighted by atomic mass is 9.85. The van der Waals surface area contributed by atoms with Crippen LogP contribution < -0.4 is 5.73 Å². The van der Waals surface area contributed by atoms with Gasteiger partial charge in [-0.2, -0.15) is 0 Å². The number of anilines is 1. The summed E-state index contributed by atoms with van der Waals surface area (Å²) in [6.07, 6.45) is 4.17. The molecular weight excluding hydrogens is 216 g/mol. The number of hydrogen-bond donors (Lipinski definition) is 3. The number of aliphatic hydroxyl groups is 2. The van der Waals surface area contributed by atoms with Gasteiger partial charge in [0, 0.05) is 28.2 Å². The second-order valence-electron chi connectivity index (χ2n) is 5.06. The number of nitrogens with two attached hydrogens (primary N) is 1. The van der Waals surface area contributed by atoms with Crippen LogP contribution in [0.4, 0.5) is 5.69 Å². The molecule has 4 heteroatoms. The smallest absolute Gasteiger partial charge is 0.0828 e. The first kappa shape index (κ1) is 11.0. The number of nitrogen functional groups attached to an aromatic ring is 1. The van der Waals surface area contributed by atoms with Gasteiger partial charge in [0.2, 0.25) is 0 Å². The molecule has 0 saturated carbocycles. The zero-order chi connectivity index (χ0) is 12.0. The predicted octanol–water partition coefficient (Wildman–Crippen LogP) is 1.40. The molecule has 2 atom stereocenters. The maximum atomic E-state index is 10.0. The van der Waals surface area contributed by atoms with E-state index in [1.165, 1.54) is 0 Å². The fourth-order valence-electron chi connectivity index (χ4n) is 3.08. The standard InChI is InChI=1S/C13H18N2O2/c14-13-11-7(3-1-5-9(11)16)15-8-4-2-6-10(17)12(8)13/h9-10,16-17H,1-6H2,(H2,14,15). The predicted molar refractivity (Wildman–Crippen MR) is 64.4 cm³/mol. The molecule has 92 valence electrons. The molecule has 0 aliphatic heterocycles. The summed E-state index contributed by atoms with van der Waals surface area (Å²) < 4.78 is 0. The number of nitrogens with zero attached hydrogens (tertiary/aromatic N) is 1. The van der Waals surface area contributed by atoms with Crippen molar-refractivity contribution in [2.45, 2.75) is 50.7 Å². The number of aryl methyl sites for hydroxylation is 2. The van der Waals surface area contributed by atoms with Gasteiger partial charge in [-0.1, -0.05) is 0 Å². The Morgan fingerprint density at radius 1 is 0.941 bits per heavy atom. The van der Waals surface area contributed by atoms with Crippen LogP contribution >= 0.6 is 0 Å². The minimum absolute atomic E-state index is 0.509. The fraction of sp³-hybridized carbons (Fsp3) is 0.615. The lowest BCUT2D eigenvalue weighted by Crippen LogP contribution is -2.21. The van der Waals surface area contributed by atoms with Crippen molar-refractivity contribution in [3.63, 3.8) is 0 Å². The Morgan fingerprint density at radius 3 is 1.88 bits per heavy atom. The molecule has 0 fully saturated rings. The molecule has 0 bridgehead atoms. The van der Waals surface area contributed by atoms with E-state index in [-0.39, 0.29) is 0 Å². The second kappa shape index (κ2) is 3.96. The van der Waals surface area contributed by atoms with Crippen molar-refractivity contribution in [1.82, 2.24) is 4.98 Å². The summed E-state index contributed by atoms with van der Waals surface area (Å²) >= 11 is 0. The number of aromatic nitrogens is 1. The third-order valence-corrected chi connectivity index (χ3v) is 3.92. The van der Waals surface area contributed by atoms with Crippen LogP contribution in [0.1, 0.15) is 60.4 Å². The van der Waals surface area contributed by atoms with Crippen LogP contribution in [-0.2, 0) is 12.8 Å². The van der Waals surface area contributed by atoms with E-state index < -0.39 is 12.2 Å². The SMILES string of the molecule is Nc1c2c(nc3c1C(O)CCC3)CCCC2O. The average molecular weight is 234 g/mol. The lowest BCUT2D eigenvalue weighted by Gasteiger charge is -2.29. The van der Waals surface area contributed by atoms with E-state index in [0.29, 0.717) is 5.69 Å². The molecule has 2 aliphatic rings. The Balaban J connectivity index is 2.20. The number of pyridine rings is 1. The highest BCUT2D eigenvalue weighted by Crippen LogP contribution is 2.41. The number of fused-ring (bicyclic) bond motifs is 2. The largest absolute Gasteiger partial charge is 0.398 e. The normalized spacial score (nSPS) is 27.4. The maximum Gasteiger partial charge on any atom is 0.0828 e. The van der Waals surface area contributed by atoms with Gasteiger partial charge in [-0.05, 0) is 38.5 Å². The first-order valence-corrected chi connectivity index (χ1v) is 6.35. The van der Waals surface area contributed by atoms with E-state index in [1.807, 2.05) is 0 Å². The zero-order valence-corrected chi connectivity index (χ0v) is 9.82. The summed E-state index contributed by atoms with van der Waals surface area (Å²) in [5.41, 5.74) is 10.2. The monoisotopic (exact) mass is 234 g/mol. The molecule has 4 nitrogen and oxygen atoms in total. The molecule has 0 spiro atoms. The van der Waals surface area contributed by atoms with Crippen LogP contribution in [0.25, 0.3) is 0 Å². The van der Waals surface area contributed by atoms with Crippen molar-refractivity contribution in [1.29, 1.82) is 0 Å². The van der Waals surface area contributed by atoms with Crippen LogP contribution in [-0.4, -0.2) is 15.2 Å². The van der Waals surface area contributed by atoms with Gasteiger partial charge in [-0.25, -0.2) is 0 Å². The minimum Gasteiger partial charge on any atom is -0.398 e. The van der Waals surface area contributed by atoms with Crippen LogP contribution in [0.15, 0.2) is 0 Å². The molecule has 17 heavy (non-hydrogen) atoms. The summed E-state index contributed by atoms with van der Waals surface area (Å²) in [6.45, 7) is 0. The van der Waals surface area contributed by atoms with Gasteiger partial charge in [0.25, 0.3) is 0 Å². The molecule has 2 aliphatic carbocycles. The zero-order valence-electron chi connectivity index (χ0n) is 9.82. The number of hydrogen-bond acceptors (Lipinski definition) is 4. The van der Waals surface area contributed by atoms with Crippen molar-refractivity contribution >= 4 is 5.69 Å². The first-order valence-electron chi connectivity index (χ1n) is 6.35. The topological polar surface area (TPSA) is 79.4 Å². The maximum absolute atomic E-state index is 10.0. The lowest BCUT2D eigenvalue weighted by molar-refractivity contribution is 0.148. The van der Waals surface area contributed by atoms with Gasteiger partial charge in [0.15, 0.2) is 0 Å². The van der Waals surface area contributed by atoms with Gasteiger partial charge >= 0.3 is 0 Å². The minimum atomic E-state index is -0.509. The highest BCUT2D eigenvalue weighted by molar-refractivity contribution is 5.60. The van der Waals surface area contributed by atoms with Crippen molar-refractivity contribution < 1.29 is 10.2 Å². The Kier molecular flexibility index (Phi) is 2.56. The van der Waals surface area contributed by atoms with Gasteiger partial charge in [-0.3, -0.25) is 4.98 Å². The number of aliphatic hydroxyl groups excluding tert-OH is 2. The molecule has 0 saturated heterocycles. The third kappa shape index (κ3) is 1.63. The molecule has 3 rings (SSSR count). The highest BCUT2D eigenvalue weighted by atomic mass is 16.3. The Morgan fingerprint density at radius 2 is 1.41 bits per heavy atom. The summed E-state index contributed by atoms with van der Waals surface area (Å²) in [7, 11) is 0. The van der Waals surface area contributed by atoms with E-state index in [2.05, 4.69) is 4.98 Å². The average Bonchev–Trinajstić information content (AvgIpc) is 2.28. The molecule has 1 aromatic heterocycles. The van der Waals surface area contributed by atoms with Crippen LogP contribution in [0.5, 0.6) is 0 Å². The Hall–Kier alpha value is -1.13. The molecule has 2 unspecified atom stereocenters. The third-order valence-electron chi connectivity index (χ3n) is 3.92. The quantitative estimate of drug-likeness (QED) is 0.634. The van der Waals surface area contributed by atoms with E-state index in [1.54, 1.807) is 0 Å². The summed E-state index contributed by atoms with van der Waals surface area (Å²) in [5.74, 6) is 0. The first-order chi connectivity index (χ1) is 8.18. The highest BCUT2D eigenvalue weighted by Gasteiger charge is 2.29. The van der Waals surface area contributed by atoms with Gasteiger partial charge in [-0.15, -0.1) is 0 Å². The fourth-order valence-corrected chi connectivity index (χ4v) is 3.08. The van der Waals surface area contributed by atoms with Crippen LogP contribution in [0, 0.1) is 0 Å². The summed E-state index contributed by atoms with van der Waals surface area (Å²) in [4.78, 5) is 4.62. The van der Waals surface area contributed by atoms with E-state index in [0.717, 1.165) is 61.0 Å². The Labute approximate surface area is 100 Å². The van der Waals surface area contributed by atoms with Gasteiger partial charge in [0.05, 0.1) is 12.2 Å². The molecule has 1 aromatic rings. The van der Waals surface area contributed by atoms with Crippen molar-refractivity contribution in [3.8, 4) is 0 Å². The van der Waals surface area contributed by atoms with Gasteiger partial charge < -0.3 is 15.9 Å². The Bertz CT molecular complexity index is 421. The van der Waals surface area contributed by atoms with E-state index >= 15 is 0 Å². The van der Waals surface area contributed by atoms with Crippen molar-refractivity contribution in [2.24, 2.45) is 0 Å². The summed E-state index contributed by atoms with van der Waals surface area (Å²) in [6, 6.07) is 0. The molecule has 4 N–H and O–H groups in total. The molecule has 0 radical (unpaired) electrons. The van der Waals surface area contributed by atoms with Crippen LogP contribution in [0.3, 0.4) is 0 Å².